The molecule has 2 heterocycles. The van der Waals surface area contributed by atoms with Crippen LogP contribution in [0.15, 0.2) is 22.6 Å². The van der Waals surface area contributed by atoms with Crippen LogP contribution < -0.4 is 15.8 Å². The molecule has 2 aromatic rings. The summed E-state index contributed by atoms with van der Waals surface area (Å²) in [5, 5.41) is 3.18. The van der Waals surface area contributed by atoms with Crippen LogP contribution in [0.1, 0.15) is 24.5 Å². The van der Waals surface area contributed by atoms with Crippen molar-refractivity contribution in [3.8, 4) is 5.88 Å². The molecule has 0 aliphatic heterocycles. The van der Waals surface area contributed by atoms with Gasteiger partial charge in [0.2, 0.25) is 11.8 Å². The van der Waals surface area contributed by atoms with Crippen LogP contribution in [0.25, 0.3) is 0 Å². The molecule has 0 saturated carbocycles. The number of ether oxygens (including phenoxy) is 1. The van der Waals surface area contributed by atoms with Gasteiger partial charge in [-0.25, -0.2) is 0 Å². The largest absolute Gasteiger partial charge is 0.481 e. The molecule has 1 unspecified atom stereocenters. The van der Waals surface area contributed by atoms with Gasteiger partial charge in [0.25, 0.3) is 0 Å². The van der Waals surface area contributed by atoms with Crippen LogP contribution in [-0.2, 0) is 0 Å². The highest BCUT2D eigenvalue weighted by Gasteiger charge is 2.11. The number of hydrogen-bond donors (Lipinski definition) is 2. The molecule has 0 fully saturated rings. The van der Waals surface area contributed by atoms with Crippen molar-refractivity contribution in [2.45, 2.75) is 19.9 Å². The Kier molecular flexibility index (Phi) is 3.36. The first-order chi connectivity index (χ1) is 8.58. The number of nitrogens with zero attached hydrogens (tertiary/aromatic N) is 2. The first-order valence-electron chi connectivity index (χ1n) is 5.60. The van der Waals surface area contributed by atoms with Crippen molar-refractivity contribution in [2.75, 3.05) is 18.2 Å². The lowest BCUT2D eigenvalue weighted by Crippen LogP contribution is -2.09. The van der Waals surface area contributed by atoms with Gasteiger partial charge in [-0.1, -0.05) is 0 Å². The number of hydrogen-bond acceptors (Lipinski definition) is 6. The Hall–Kier alpha value is -2.24. The fourth-order valence-electron chi connectivity index (χ4n) is 1.60. The van der Waals surface area contributed by atoms with Gasteiger partial charge >= 0.3 is 0 Å². The maximum Gasteiger partial charge on any atom is 0.225 e. The number of nitrogens with two attached hydrogens (primary N) is 1. The summed E-state index contributed by atoms with van der Waals surface area (Å²) >= 11 is 0. The monoisotopic (exact) mass is 248 g/mol. The minimum atomic E-state index is -0.0160. The highest BCUT2D eigenvalue weighted by atomic mass is 16.5. The SMILES string of the molecule is COc1cc(NC(C)c2ccc(C)o2)nc(N)n1. The average molecular weight is 248 g/mol. The number of nitrogen functional groups attached to an aromatic ring is 1. The quantitative estimate of drug-likeness (QED) is 0.862. The molecule has 0 bridgehead atoms. The molecule has 2 aromatic heterocycles. The summed E-state index contributed by atoms with van der Waals surface area (Å²) in [6.07, 6.45) is 0. The van der Waals surface area contributed by atoms with Crippen molar-refractivity contribution >= 4 is 11.8 Å². The lowest BCUT2D eigenvalue weighted by molar-refractivity contribution is 0.398. The molecule has 0 spiro atoms. The Morgan fingerprint density at radius 1 is 1.39 bits per heavy atom. The molecular formula is C12H16N4O2. The van der Waals surface area contributed by atoms with E-state index in [-0.39, 0.29) is 12.0 Å². The zero-order valence-corrected chi connectivity index (χ0v) is 10.6. The molecule has 0 saturated heterocycles. The predicted molar refractivity (Wildman–Crippen MR) is 68.5 cm³/mol. The molecule has 6 nitrogen and oxygen atoms in total. The number of rotatable bonds is 4. The van der Waals surface area contributed by atoms with E-state index < -0.39 is 0 Å². The van der Waals surface area contributed by atoms with Gasteiger partial charge in [0, 0.05) is 6.07 Å². The molecule has 0 radical (unpaired) electrons. The number of nitrogens with one attached hydrogen (secondary N) is 1. The van der Waals surface area contributed by atoms with Gasteiger partial charge in [-0.2, -0.15) is 9.97 Å². The van der Waals surface area contributed by atoms with E-state index in [1.165, 1.54) is 7.11 Å². The fourth-order valence-corrected chi connectivity index (χ4v) is 1.60. The van der Waals surface area contributed by atoms with E-state index in [0.29, 0.717) is 11.7 Å². The smallest absolute Gasteiger partial charge is 0.225 e. The molecule has 3 N–H and O–H groups in total. The third-order valence-electron chi connectivity index (χ3n) is 2.48. The van der Waals surface area contributed by atoms with Crippen LogP contribution in [0.5, 0.6) is 5.88 Å². The first kappa shape index (κ1) is 12.2. The number of methoxy groups -OCH3 is 1. The molecule has 18 heavy (non-hydrogen) atoms. The molecule has 0 aliphatic rings. The number of aromatic nitrogens is 2. The summed E-state index contributed by atoms with van der Waals surface area (Å²) in [5.41, 5.74) is 5.59. The summed E-state index contributed by atoms with van der Waals surface area (Å²) in [5.74, 6) is 2.90. The van der Waals surface area contributed by atoms with E-state index in [9.17, 15) is 0 Å². The van der Waals surface area contributed by atoms with Crippen molar-refractivity contribution in [1.29, 1.82) is 0 Å². The Bertz CT molecular complexity index is 539. The van der Waals surface area contributed by atoms with E-state index in [4.69, 9.17) is 14.9 Å². The molecule has 0 aliphatic carbocycles. The molecule has 2 rings (SSSR count). The third-order valence-corrected chi connectivity index (χ3v) is 2.48. The van der Waals surface area contributed by atoms with Crippen LogP contribution in [0, 0.1) is 6.92 Å². The van der Waals surface area contributed by atoms with Crippen LogP contribution in [0.2, 0.25) is 0 Å². The van der Waals surface area contributed by atoms with E-state index in [1.807, 2.05) is 26.0 Å². The first-order valence-corrected chi connectivity index (χ1v) is 5.60. The standard InChI is InChI=1S/C12H16N4O2/c1-7-4-5-9(18-7)8(2)14-10-6-11(17-3)16-12(13)15-10/h4-6,8H,1-3H3,(H3,13,14,15,16). The van der Waals surface area contributed by atoms with E-state index in [1.54, 1.807) is 6.07 Å². The summed E-state index contributed by atoms with van der Waals surface area (Å²) in [4.78, 5) is 8.01. The van der Waals surface area contributed by atoms with Gasteiger partial charge in [-0.3, -0.25) is 0 Å². The summed E-state index contributed by atoms with van der Waals surface area (Å²) in [6, 6.07) is 5.51. The zero-order valence-electron chi connectivity index (χ0n) is 10.6. The normalized spacial score (nSPS) is 12.2. The average Bonchev–Trinajstić information content (AvgIpc) is 2.75. The highest BCUT2D eigenvalue weighted by molar-refractivity contribution is 5.44. The van der Waals surface area contributed by atoms with Gasteiger partial charge in [0.1, 0.15) is 17.3 Å². The van der Waals surface area contributed by atoms with Gasteiger partial charge in [0.05, 0.1) is 13.2 Å². The Morgan fingerprint density at radius 3 is 2.78 bits per heavy atom. The number of anilines is 2. The predicted octanol–water partition coefficient (Wildman–Crippen LogP) is 2.14. The Morgan fingerprint density at radius 2 is 2.17 bits per heavy atom. The third kappa shape index (κ3) is 2.71. The maximum atomic E-state index is 5.59. The zero-order chi connectivity index (χ0) is 13.1. The van der Waals surface area contributed by atoms with Crippen molar-refractivity contribution in [3.05, 3.63) is 29.7 Å². The summed E-state index contributed by atoms with van der Waals surface area (Å²) in [7, 11) is 1.53. The van der Waals surface area contributed by atoms with E-state index in [0.717, 1.165) is 11.5 Å². The van der Waals surface area contributed by atoms with Gasteiger partial charge in [-0.05, 0) is 26.0 Å². The van der Waals surface area contributed by atoms with Crippen molar-refractivity contribution in [2.24, 2.45) is 0 Å². The van der Waals surface area contributed by atoms with Crippen molar-refractivity contribution < 1.29 is 9.15 Å². The summed E-state index contributed by atoms with van der Waals surface area (Å²) in [6.45, 7) is 3.88. The van der Waals surface area contributed by atoms with Gasteiger partial charge in [0.15, 0.2) is 0 Å². The Labute approximate surface area is 105 Å². The molecule has 0 amide bonds. The van der Waals surface area contributed by atoms with Crippen LogP contribution in [0.4, 0.5) is 11.8 Å². The lowest BCUT2D eigenvalue weighted by Gasteiger charge is -2.12. The molecule has 0 aromatic carbocycles. The molecule has 1 atom stereocenters. The molecule has 96 valence electrons. The van der Waals surface area contributed by atoms with Crippen LogP contribution >= 0.6 is 0 Å². The van der Waals surface area contributed by atoms with Gasteiger partial charge in [-0.15, -0.1) is 0 Å². The Balaban J connectivity index is 2.16. The number of furan rings is 1. The number of aryl methyl sites for hydroxylation is 1. The van der Waals surface area contributed by atoms with Crippen molar-refractivity contribution in [1.82, 2.24) is 9.97 Å². The highest BCUT2D eigenvalue weighted by Crippen LogP contribution is 2.22. The summed E-state index contributed by atoms with van der Waals surface area (Å²) < 4.78 is 10.6. The fraction of sp³-hybridized carbons (Fsp3) is 0.333. The van der Waals surface area contributed by atoms with E-state index >= 15 is 0 Å². The van der Waals surface area contributed by atoms with E-state index in [2.05, 4.69) is 15.3 Å². The molecular weight excluding hydrogens is 232 g/mol. The second kappa shape index (κ2) is 4.95. The minimum absolute atomic E-state index is 0.0160. The van der Waals surface area contributed by atoms with Crippen LogP contribution in [-0.4, -0.2) is 17.1 Å². The van der Waals surface area contributed by atoms with Crippen LogP contribution in [0.3, 0.4) is 0 Å². The second-order valence-corrected chi connectivity index (χ2v) is 3.97. The molecule has 6 heteroatoms. The van der Waals surface area contributed by atoms with Gasteiger partial charge < -0.3 is 20.2 Å². The second-order valence-electron chi connectivity index (χ2n) is 3.97. The lowest BCUT2D eigenvalue weighted by atomic mass is 10.2. The van der Waals surface area contributed by atoms with Crippen molar-refractivity contribution in [3.63, 3.8) is 0 Å². The topological polar surface area (TPSA) is 86.2 Å². The minimum Gasteiger partial charge on any atom is -0.481 e. The maximum absolute atomic E-state index is 5.59.